The third kappa shape index (κ3) is 3.03. The summed E-state index contributed by atoms with van der Waals surface area (Å²) in [6.07, 6.45) is 1.89. The maximum Gasteiger partial charge on any atom is 0.275 e. The monoisotopic (exact) mass is 353 g/mol. The largest absolute Gasteiger partial charge is 0.381 e. The number of aromatic nitrogens is 5. The van der Waals surface area contributed by atoms with E-state index in [1.54, 1.807) is 0 Å². The van der Waals surface area contributed by atoms with Gasteiger partial charge in [0.25, 0.3) is 5.56 Å². The molecule has 1 aromatic carbocycles. The Balaban J connectivity index is 1.71. The Morgan fingerprint density at radius 2 is 1.85 bits per heavy atom. The zero-order chi connectivity index (χ0) is 18.1. The van der Waals surface area contributed by atoms with Crippen LogP contribution in [0.2, 0.25) is 0 Å². The molecule has 0 atom stereocenters. The van der Waals surface area contributed by atoms with Gasteiger partial charge >= 0.3 is 0 Å². The van der Waals surface area contributed by atoms with Crippen molar-refractivity contribution in [2.75, 3.05) is 13.2 Å². The molecule has 1 aliphatic heterocycles. The van der Waals surface area contributed by atoms with Crippen LogP contribution in [0.1, 0.15) is 43.0 Å². The summed E-state index contributed by atoms with van der Waals surface area (Å²) in [7, 11) is 0. The molecule has 0 spiro atoms. The van der Waals surface area contributed by atoms with Gasteiger partial charge in [0.05, 0.1) is 11.1 Å². The highest BCUT2D eigenvalue weighted by atomic mass is 16.5. The van der Waals surface area contributed by atoms with Crippen molar-refractivity contribution in [3.8, 4) is 0 Å². The molecular weight excluding hydrogens is 330 g/mol. The Hall–Kier alpha value is -2.54. The van der Waals surface area contributed by atoms with E-state index in [1.807, 2.05) is 42.8 Å². The van der Waals surface area contributed by atoms with Gasteiger partial charge in [-0.05, 0) is 32.8 Å². The number of benzene rings is 1. The number of ether oxygens (including phenoxy) is 1. The molecule has 1 saturated heterocycles. The number of rotatable bonds is 4. The molecule has 7 heteroatoms. The predicted octanol–water partition coefficient (Wildman–Crippen LogP) is 2.26. The summed E-state index contributed by atoms with van der Waals surface area (Å²) in [5.41, 5.74) is 0.747. The van der Waals surface area contributed by atoms with Crippen molar-refractivity contribution in [1.29, 1.82) is 0 Å². The van der Waals surface area contributed by atoms with E-state index in [2.05, 4.69) is 10.2 Å². The molecule has 0 aliphatic carbocycles. The summed E-state index contributed by atoms with van der Waals surface area (Å²) < 4.78 is 8.81. The van der Waals surface area contributed by atoms with Crippen LogP contribution in [0.3, 0.4) is 0 Å². The molecule has 0 bridgehead atoms. The first-order valence-corrected chi connectivity index (χ1v) is 9.15. The van der Waals surface area contributed by atoms with Gasteiger partial charge in [-0.15, -0.1) is 0 Å². The van der Waals surface area contributed by atoms with E-state index in [-0.39, 0.29) is 5.56 Å². The molecule has 3 aromatic rings. The Morgan fingerprint density at radius 1 is 1.12 bits per heavy atom. The molecule has 0 unspecified atom stereocenters. The van der Waals surface area contributed by atoms with Crippen LogP contribution >= 0.6 is 0 Å². The minimum atomic E-state index is -0.0931. The van der Waals surface area contributed by atoms with Crippen LogP contribution in [-0.4, -0.2) is 37.8 Å². The number of aryl methyl sites for hydroxylation is 2. The van der Waals surface area contributed by atoms with Crippen LogP contribution in [0.4, 0.5) is 0 Å². The fourth-order valence-electron chi connectivity index (χ4n) is 3.54. The minimum absolute atomic E-state index is 0.0931. The molecule has 0 saturated carbocycles. The fraction of sp³-hybridized carbons (Fsp3) is 0.474. The number of hydrogen-bond donors (Lipinski definition) is 0. The molecule has 4 rings (SSSR count). The van der Waals surface area contributed by atoms with Gasteiger partial charge < -0.3 is 4.74 Å². The maximum atomic E-state index is 12.8. The molecule has 136 valence electrons. The van der Waals surface area contributed by atoms with Gasteiger partial charge in [-0.25, -0.2) is 14.3 Å². The fourth-order valence-corrected chi connectivity index (χ4v) is 3.54. The highest BCUT2D eigenvalue weighted by molar-refractivity contribution is 5.83. The second-order valence-corrected chi connectivity index (χ2v) is 6.68. The number of hydrogen-bond acceptors (Lipinski definition) is 5. The van der Waals surface area contributed by atoms with Crippen molar-refractivity contribution in [1.82, 2.24) is 24.5 Å². The second kappa shape index (κ2) is 6.99. The van der Waals surface area contributed by atoms with Gasteiger partial charge in [-0.1, -0.05) is 18.2 Å². The van der Waals surface area contributed by atoms with Crippen molar-refractivity contribution < 1.29 is 4.74 Å². The lowest BCUT2D eigenvalue weighted by atomic mass is 10.00. The molecule has 0 radical (unpaired) electrons. The molecule has 3 heterocycles. The molecule has 7 nitrogen and oxygen atoms in total. The van der Waals surface area contributed by atoms with Gasteiger partial charge in [0.15, 0.2) is 5.82 Å². The van der Waals surface area contributed by atoms with Crippen LogP contribution < -0.4 is 5.56 Å². The van der Waals surface area contributed by atoms with Crippen molar-refractivity contribution in [2.24, 2.45) is 0 Å². The second-order valence-electron chi connectivity index (χ2n) is 6.68. The van der Waals surface area contributed by atoms with E-state index in [9.17, 15) is 4.79 Å². The van der Waals surface area contributed by atoms with Crippen LogP contribution in [0.25, 0.3) is 10.8 Å². The first kappa shape index (κ1) is 16.9. The lowest BCUT2D eigenvalue weighted by Crippen LogP contribution is -2.26. The van der Waals surface area contributed by atoms with Crippen LogP contribution in [0.5, 0.6) is 0 Å². The average molecular weight is 353 g/mol. The zero-order valence-corrected chi connectivity index (χ0v) is 15.2. The molecule has 0 N–H and O–H groups in total. The highest BCUT2D eigenvalue weighted by Gasteiger charge is 2.22. The van der Waals surface area contributed by atoms with Gasteiger partial charge in [-0.2, -0.15) is 10.2 Å². The maximum absolute atomic E-state index is 12.8. The minimum Gasteiger partial charge on any atom is -0.381 e. The van der Waals surface area contributed by atoms with E-state index in [4.69, 9.17) is 9.72 Å². The lowest BCUT2D eigenvalue weighted by Gasteiger charge is -2.18. The Morgan fingerprint density at radius 3 is 2.58 bits per heavy atom. The Bertz CT molecular complexity index is 985. The molecule has 1 aliphatic rings. The highest BCUT2D eigenvalue weighted by Crippen LogP contribution is 2.24. The van der Waals surface area contributed by atoms with E-state index in [0.717, 1.165) is 48.8 Å². The molecule has 2 aromatic heterocycles. The van der Waals surface area contributed by atoms with E-state index in [0.29, 0.717) is 24.4 Å². The van der Waals surface area contributed by atoms with Gasteiger partial charge in [-0.3, -0.25) is 4.79 Å². The average Bonchev–Trinajstić information content (AvgIpc) is 3.09. The van der Waals surface area contributed by atoms with Gasteiger partial charge in [0.2, 0.25) is 0 Å². The smallest absolute Gasteiger partial charge is 0.275 e. The topological polar surface area (TPSA) is 74.8 Å². The van der Waals surface area contributed by atoms with Crippen LogP contribution in [-0.2, 0) is 17.8 Å². The first-order chi connectivity index (χ1) is 12.7. The SMILES string of the molecule is CCn1nc(C2CCOCC2)nc1Cn1nc(C)c2ccccc2c1=O. The number of fused-ring (bicyclic) bond motifs is 1. The molecular formula is C19H23N5O2. The quantitative estimate of drug-likeness (QED) is 0.719. The van der Waals surface area contributed by atoms with Crippen molar-refractivity contribution in [3.63, 3.8) is 0 Å². The van der Waals surface area contributed by atoms with Gasteiger partial charge in [0.1, 0.15) is 12.4 Å². The van der Waals surface area contributed by atoms with Crippen molar-refractivity contribution in [2.45, 2.75) is 45.7 Å². The van der Waals surface area contributed by atoms with Crippen molar-refractivity contribution in [3.05, 3.63) is 52.0 Å². The molecule has 1 fully saturated rings. The van der Waals surface area contributed by atoms with E-state index < -0.39 is 0 Å². The van der Waals surface area contributed by atoms with E-state index >= 15 is 0 Å². The van der Waals surface area contributed by atoms with E-state index in [1.165, 1.54) is 4.68 Å². The normalized spacial score (nSPS) is 15.6. The third-order valence-corrected chi connectivity index (χ3v) is 4.99. The first-order valence-electron chi connectivity index (χ1n) is 9.15. The van der Waals surface area contributed by atoms with Crippen LogP contribution in [0.15, 0.2) is 29.1 Å². The lowest BCUT2D eigenvalue weighted by molar-refractivity contribution is 0.0835. The summed E-state index contributed by atoms with van der Waals surface area (Å²) >= 11 is 0. The summed E-state index contributed by atoms with van der Waals surface area (Å²) in [6.45, 7) is 6.52. The number of nitrogens with zero attached hydrogens (tertiary/aromatic N) is 5. The summed E-state index contributed by atoms with van der Waals surface area (Å²) in [5.74, 6) is 1.97. The molecule has 26 heavy (non-hydrogen) atoms. The van der Waals surface area contributed by atoms with Gasteiger partial charge in [0, 0.05) is 31.1 Å². The third-order valence-electron chi connectivity index (χ3n) is 4.99. The summed E-state index contributed by atoms with van der Waals surface area (Å²) in [6, 6.07) is 7.59. The molecule has 0 amide bonds. The standard InChI is InChI=1S/C19H23N5O2/c1-3-23-17(20-18(22-23)14-8-10-26-11-9-14)12-24-19(25)16-7-5-4-6-15(16)13(2)21-24/h4-7,14H,3,8-12H2,1-2H3. The zero-order valence-electron chi connectivity index (χ0n) is 15.2. The summed E-state index contributed by atoms with van der Waals surface area (Å²) in [5, 5.41) is 10.8. The summed E-state index contributed by atoms with van der Waals surface area (Å²) in [4.78, 5) is 17.6. The Labute approximate surface area is 151 Å². The van der Waals surface area contributed by atoms with Crippen LogP contribution in [0, 0.1) is 6.92 Å². The Kier molecular flexibility index (Phi) is 4.55. The van der Waals surface area contributed by atoms with Crippen molar-refractivity contribution >= 4 is 10.8 Å². The predicted molar refractivity (Wildman–Crippen MR) is 98.3 cm³/mol.